The van der Waals surface area contributed by atoms with E-state index in [1.165, 1.54) is 18.2 Å². The summed E-state index contributed by atoms with van der Waals surface area (Å²) in [6.07, 6.45) is 3.25. The van der Waals surface area contributed by atoms with Gasteiger partial charge in [0.15, 0.2) is 0 Å². The number of ether oxygens (including phenoxy) is 1. The first kappa shape index (κ1) is 20.6. The van der Waals surface area contributed by atoms with Crippen LogP contribution in [0.3, 0.4) is 0 Å². The Labute approximate surface area is 183 Å². The number of hydrogen-bond acceptors (Lipinski definition) is 5. The second-order valence-corrected chi connectivity index (χ2v) is 8.49. The van der Waals surface area contributed by atoms with E-state index < -0.39 is 17.8 Å². The number of fused-ring (bicyclic) bond motifs is 1. The van der Waals surface area contributed by atoms with Crippen molar-refractivity contribution in [3.63, 3.8) is 0 Å². The van der Waals surface area contributed by atoms with Gasteiger partial charge >= 0.3 is 5.97 Å². The number of carboxylic acids is 1. The fourth-order valence-corrected chi connectivity index (χ4v) is 4.44. The molecule has 7 nitrogen and oxygen atoms in total. The third-order valence-electron chi connectivity index (χ3n) is 6.15. The van der Waals surface area contributed by atoms with Gasteiger partial charge in [-0.1, -0.05) is 12.1 Å². The van der Waals surface area contributed by atoms with E-state index in [1.807, 2.05) is 0 Å². The molecule has 1 saturated carbocycles. The molecule has 2 N–H and O–H groups in total. The van der Waals surface area contributed by atoms with Crippen LogP contribution in [0.15, 0.2) is 41.2 Å². The highest BCUT2D eigenvalue weighted by molar-refractivity contribution is 5.94. The van der Waals surface area contributed by atoms with E-state index in [-0.39, 0.29) is 28.7 Å². The Morgan fingerprint density at radius 2 is 2.06 bits per heavy atom. The van der Waals surface area contributed by atoms with E-state index in [4.69, 9.17) is 9.72 Å². The Morgan fingerprint density at radius 3 is 2.75 bits per heavy atom. The summed E-state index contributed by atoms with van der Waals surface area (Å²) in [6, 6.07) is 8.73. The van der Waals surface area contributed by atoms with Gasteiger partial charge in [0, 0.05) is 23.9 Å². The molecule has 0 spiro atoms. The van der Waals surface area contributed by atoms with E-state index in [1.54, 1.807) is 29.7 Å². The van der Waals surface area contributed by atoms with Crippen molar-refractivity contribution >= 4 is 22.6 Å². The van der Waals surface area contributed by atoms with Gasteiger partial charge in [-0.2, -0.15) is 0 Å². The standard InChI is InChI=1S/C24H24FN3O4/c1-13(26-19-6-3-2-5-16(19)24(30)31)17-11-14(25)12-18-21(17)27-22(20-7-4-10-32-20)28(23(18)29)15-8-9-15/h2-3,5-6,11-13,15,20,26H,4,7-10H2,1H3,(H,30,31)/t13-,20+/m1/s1. The number of halogens is 1. The number of carbonyl (C=O) groups is 1. The highest BCUT2D eigenvalue weighted by Crippen LogP contribution is 2.39. The lowest BCUT2D eigenvalue weighted by Crippen LogP contribution is -2.27. The van der Waals surface area contributed by atoms with Crippen molar-refractivity contribution in [1.29, 1.82) is 0 Å². The molecule has 2 atom stereocenters. The molecule has 5 rings (SSSR count). The highest BCUT2D eigenvalue weighted by atomic mass is 19.1. The SMILES string of the molecule is C[C@@H](Nc1ccccc1C(=O)O)c1cc(F)cc2c(=O)n(C3CC3)c([C@@H]3CCCO3)nc12. The molecule has 2 aromatic carbocycles. The van der Waals surface area contributed by atoms with Crippen molar-refractivity contribution in [2.24, 2.45) is 0 Å². The number of hydrogen-bond donors (Lipinski definition) is 2. The molecule has 1 aliphatic heterocycles. The maximum absolute atomic E-state index is 14.6. The molecule has 0 amide bonds. The first-order valence-electron chi connectivity index (χ1n) is 10.9. The van der Waals surface area contributed by atoms with Crippen molar-refractivity contribution in [2.45, 2.75) is 50.8 Å². The normalized spacial score (nSPS) is 19.2. The zero-order valence-electron chi connectivity index (χ0n) is 17.7. The quantitative estimate of drug-likeness (QED) is 0.586. The summed E-state index contributed by atoms with van der Waals surface area (Å²) in [4.78, 5) is 29.9. The average molecular weight is 437 g/mol. The molecule has 0 unspecified atom stereocenters. The van der Waals surface area contributed by atoms with Crippen LogP contribution in [0.1, 0.15) is 72.5 Å². The predicted molar refractivity (Wildman–Crippen MR) is 118 cm³/mol. The third kappa shape index (κ3) is 3.64. The highest BCUT2D eigenvalue weighted by Gasteiger charge is 2.33. The molecule has 32 heavy (non-hydrogen) atoms. The van der Waals surface area contributed by atoms with E-state index in [0.717, 1.165) is 25.7 Å². The van der Waals surface area contributed by atoms with E-state index in [2.05, 4.69) is 5.32 Å². The molecular formula is C24H24FN3O4. The third-order valence-corrected chi connectivity index (χ3v) is 6.15. The molecule has 2 heterocycles. The van der Waals surface area contributed by atoms with Gasteiger partial charge in [-0.05, 0) is 56.9 Å². The number of nitrogens with zero attached hydrogens (tertiary/aromatic N) is 2. The van der Waals surface area contributed by atoms with E-state index in [0.29, 0.717) is 29.2 Å². The van der Waals surface area contributed by atoms with Crippen LogP contribution in [-0.2, 0) is 4.74 Å². The van der Waals surface area contributed by atoms with Crippen molar-refractivity contribution < 1.29 is 19.0 Å². The second-order valence-electron chi connectivity index (χ2n) is 8.49. The first-order valence-corrected chi connectivity index (χ1v) is 10.9. The average Bonchev–Trinajstić information content (AvgIpc) is 3.45. The number of aromatic nitrogens is 2. The van der Waals surface area contributed by atoms with Gasteiger partial charge < -0.3 is 15.2 Å². The lowest BCUT2D eigenvalue weighted by atomic mass is 10.0. The Morgan fingerprint density at radius 1 is 1.28 bits per heavy atom. The second kappa shape index (κ2) is 8.02. The molecule has 0 radical (unpaired) electrons. The number of para-hydroxylation sites is 1. The number of nitrogens with one attached hydrogen (secondary N) is 1. The van der Waals surface area contributed by atoms with Gasteiger partial charge in [-0.15, -0.1) is 0 Å². The summed E-state index contributed by atoms with van der Waals surface area (Å²) in [5, 5.41) is 12.9. The van der Waals surface area contributed by atoms with Crippen LogP contribution >= 0.6 is 0 Å². The van der Waals surface area contributed by atoms with Crippen LogP contribution in [0.25, 0.3) is 10.9 Å². The van der Waals surface area contributed by atoms with Crippen molar-refractivity contribution in [2.75, 3.05) is 11.9 Å². The Hall–Kier alpha value is -3.26. The van der Waals surface area contributed by atoms with Crippen molar-refractivity contribution in [1.82, 2.24) is 9.55 Å². The van der Waals surface area contributed by atoms with Crippen LogP contribution in [0.2, 0.25) is 0 Å². The molecule has 2 fully saturated rings. The van der Waals surface area contributed by atoms with Crippen LogP contribution in [0.5, 0.6) is 0 Å². The van der Waals surface area contributed by atoms with E-state index in [9.17, 15) is 19.1 Å². The summed E-state index contributed by atoms with van der Waals surface area (Å²) in [6.45, 7) is 2.43. The van der Waals surface area contributed by atoms with Crippen molar-refractivity contribution in [3.05, 3.63) is 69.5 Å². The molecule has 8 heteroatoms. The van der Waals surface area contributed by atoms with Gasteiger partial charge in [-0.3, -0.25) is 9.36 Å². The van der Waals surface area contributed by atoms with E-state index >= 15 is 0 Å². The fraction of sp³-hybridized carbons (Fsp3) is 0.375. The van der Waals surface area contributed by atoms with Gasteiger partial charge in [0.05, 0.1) is 22.5 Å². The molecule has 1 aliphatic carbocycles. The molecule has 1 aromatic heterocycles. The first-order chi connectivity index (χ1) is 15.4. The Bertz CT molecular complexity index is 1260. The maximum atomic E-state index is 14.6. The molecule has 2 aliphatic rings. The number of aromatic carboxylic acids is 1. The summed E-state index contributed by atoms with van der Waals surface area (Å²) in [5.74, 6) is -0.984. The number of rotatable bonds is 6. The summed E-state index contributed by atoms with van der Waals surface area (Å²) < 4.78 is 22.2. The largest absolute Gasteiger partial charge is 0.478 e. The lowest BCUT2D eigenvalue weighted by molar-refractivity contribution is 0.0698. The monoisotopic (exact) mass is 437 g/mol. The van der Waals surface area contributed by atoms with Crippen LogP contribution in [0.4, 0.5) is 10.1 Å². The van der Waals surface area contributed by atoms with Crippen molar-refractivity contribution in [3.8, 4) is 0 Å². The number of benzene rings is 2. The number of anilines is 1. The summed E-state index contributed by atoms with van der Waals surface area (Å²) >= 11 is 0. The molecule has 3 aromatic rings. The lowest BCUT2D eigenvalue weighted by Gasteiger charge is -2.21. The summed E-state index contributed by atoms with van der Waals surface area (Å²) in [5.41, 5.74) is 1.20. The minimum absolute atomic E-state index is 0.0864. The fourth-order valence-electron chi connectivity index (χ4n) is 4.44. The molecule has 1 saturated heterocycles. The summed E-state index contributed by atoms with van der Waals surface area (Å²) in [7, 11) is 0. The van der Waals surface area contributed by atoms with Gasteiger partial charge in [-0.25, -0.2) is 14.2 Å². The number of carboxylic acid groups (broad SMARTS) is 1. The van der Waals surface area contributed by atoms with Crippen LogP contribution in [-0.4, -0.2) is 27.2 Å². The van der Waals surface area contributed by atoms with Crippen LogP contribution in [0, 0.1) is 5.82 Å². The maximum Gasteiger partial charge on any atom is 0.337 e. The zero-order chi connectivity index (χ0) is 22.4. The minimum Gasteiger partial charge on any atom is -0.478 e. The van der Waals surface area contributed by atoms with Crippen LogP contribution < -0.4 is 10.9 Å². The molecular weight excluding hydrogens is 413 g/mol. The Kier molecular flexibility index (Phi) is 5.17. The topological polar surface area (TPSA) is 93.5 Å². The minimum atomic E-state index is -1.06. The molecule has 166 valence electrons. The van der Waals surface area contributed by atoms with Gasteiger partial charge in [0.25, 0.3) is 5.56 Å². The van der Waals surface area contributed by atoms with Gasteiger partial charge in [0.2, 0.25) is 0 Å². The smallest absolute Gasteiger partial charge is 0.337 e. The van der Waals surface area contributed by atoms with Gasteiger partial charge in [0.1, 0.15) is 17.7 Å². The Balaban J connectivity index is 1.65. The molecule has 0 bridgehead atoms. The zero-order valence-corrected chi connectivity index (χ0v) is 17.7. The predicted octanol–water partition coefficient (Wildman–Crippen LogP) is 4.59.